The molecule has 0 bridgehead atoms. The minimum Gasteiger partial charge on any atom is -0.374 e. The normalized spacial score (nSPS) is 11.3. The molecule has 13 heavy (non-hydrogen) atoms. The standard InChI is InChI=1S/C11H14O2/c1-11(2,13-3)10-6-4-5-9(7-10)8-12/h4-8H,1-3H3. The Labute approximate surface area is 78.5 Å². The molecule has 2 nitrogen and oxygen atoms in total. The number of rotatable bonds is 3. The van der Waals surface area contributed by atoms with Crippen molar-refractivity contribution in [3.63, 3.8) is 0 Å². The smallest absolute Gasteiger partial charge is 0.150 e. The van der Waals surface area contributed by atoms with Crippen LogP contribution in [0.4, 0.5) is 0 Å². The van der Waals surface area contributed by atoms with Crippen LogP contribution in [0.25, 0.3) is 0 Å². The van der Waals surface area contributed by atoms with Gasteiger partial charge < -0.3 is 4.74 Å². The SMILES string of the molecule is COC(C)(C)c1cccc(C=O)c1. The van der Waals surface area contributed by atoms with Gasteiger partial charge in [-0.15, -0.1) is 0 Å². The summed E-state index contributed by atoms with van der Waals surface area (Å²) in [4.78, 5) is 10.5. The largest absolute Gasteiger partial charge is 0.374 e. The first kappa shape index (κ1) is 9.93. The highest BCUT2D eigenvalue weighted by atomic mass is 16.5. The summed E-state index contributed by atoms with van der Waals surface area (Å²) < 4.78 is 5.31. The van der Waals surface area contributed by atoms with E-state index in [0.717, 1.165) is 11.8 Å². The Morgan fingerprint density at radius 3 is 2.62 bits per heavy atom. The van der Waals surface area contributed by atoms with Gasteiger partial charge in [-0.2, -0.15) is 0 Å². The van der Waals surface area contributed by atoms with Crippen LogP contribution >= 0.6 is 0 Å². The van der Waals surface area contributed by atoms with Gasteiger partial charge in [-0.3, -0.25) is 4.79 Å². The van der Waals surface area contributed by atoms with E-state index in [4.69, 9.17) is 4.74 Å². The second-order valence-electron chi connectivity index (χ2n) is 3.46. The van der Waals surface area contributed by atoms with Crippen LogP contribution in [0.15, 0.2) is 24.3 Å². The first-order valence-electron chi connectivity index (χ1n) is 4.21. The van der Waals surface area contributed by atoms with Crippen molar-refractivity contribution in [1.82, 2.24) is 0 Å². The molecule has 70 valence electrons. The van der Waals surface area contributed by atoms with Gasteiger partial charge in [0.05, 0.1) is 5.60 Å². The Hall–Kier alpha value is -1.15. The third-order valence-electron chi connectivity index (χ3n) is 2.23. The molecule has 0 saturated carbocycles. The maximum Gasteiger partial charge on any atom is 0.150 e. The molecule has 0 radical (unpaired) electrons. The maximum atomic E-state index is 10.5. The highest BCUT2D eigenvalue weighted by Gasteiger charge is 2.18. The number of methoxy groups -OCH3 is 1. The van der Waals surface area contributed by atoms with Gasteiger partial charge in [0, 0.05) is 12.7 Å². The lowest BCUT2D eigenvalue weighted by atomic mass is 9.96. The fraction of sp³-hybridized carbons (Fsp3) is 0.364. The van der Waals surface area contributed by atoms with Gasteiger partial charge in [0.15, 0.2) is 0 Å². The number of carbonyl (C=O) groups is 1. The van der Waals surface area contributed by atoms with Gasteiger partial charge in [-0.25, -0.2) is 0 Å². The van der Waals surface area contributed by atoms with E-state index in [1.165, 1.54) is 0 Å². The Morgan fingerprint density at radius 1 is 1.38 bits per heavy atom. The first-order chi connectivity index (χ1) is 6.10. The molecular weight excluding hydrogens is 164 g/mol. The van der Waals surface area contributed by atoms with Crippen LogP contribution in [-0.4, -0.2) is 13.4 Å². The molecule has 1 aromatic carbocycles. The zero-order valence-corrected chi connectivity index (χ0v) is 8.20. The van der Waals surface area contributed by atoms with E-state index < -0.39 is 0 Å². The number of hydrogen-bond donors (Lipinski definition) is 0. The molecule has 0 N–H and O–H groups in total. The van der Waals surface area contributed by atoms with E-state index in [2.05, 4.69) is 0 Å². The van der Waals surface area contributed by atoms with Crippen molar-refractivity contribution in [2.24, 2.45) is 0 Å². The third-order valence-corrected chi connectivity index (χ3v) is 2.23. The molecule has 0 aliphatic rings. The van der Waals surface area contributed by atoms with Crippen molar-refractivity contribution in [1.29, 1.82) is 0 Å². The molecule has 1 aromatic rings. The molecule has 0 aliphatic heterocycles. The molecule has 1 rings (SSSR count). The highest BCUT2D eigenvalue weighted by molar-refractivity contribution is 5.75. The van der Waals surface area contributed by atoms with Gasteiger partial charge in [0.2, 0.25) is 0 Å². The van der Waals surface area contributed by atoms with Gasteiger partial charge in [0.1, 0.15) is 6.29 Å². The van der Waals surface area contributed by atoms with E-state index in [-0.39, 0.29) is 5.60 Å². The van der Waals surface area contributed by atoms with Crippen molar-refractivity contribution in [2.75, 3.05) is 7.11 Å². The summed E-state index contributed by atoms with van der Waals surface area (Å²) in [5, 5.41) is 0. The predicted molar refractivity (Wildman–Crippen MR) is 51.9 cm³/mol. The van der Waals surface area contributed by atoms with Crippen molar-refractivity contribution in [3.8, 4) is 0 Å². The molecule has 0 saturated heterocycles. The molecular formula is C11H14O2. The first-order valence-corrected chi connectivity index (χ1v) is 4.21. The molecule has 0 heterocycles. The monoisotopic (exact) mass is 178 g/mol. The number of benzene rings is 1. The molecule has 0 amide bonds. The zero-order chi connectivity index (χ0) is 9.90. The average molecular weight is 178 g/mol. The topological polar surface area (TPSA) is 26.3 Å². The van der Waals surface area contributed by atoms with E-state index in [1.807, 2.05) is 32.0 Å². The van der Waals surface area contributed by atoms with Crippen LogP contribution in [0, 0.1) is 0 Å². The maximum absolute atomic E-state index is 10.5. The van der Waals surface area contributed by atoms with E-state index in [1.54, 1.807) is 13.2 Å². The molecule has 0 aromatic heterocycles. The minimum absolute atomic E-state index is 0.334. The number of hydrogen-bond acceptors (Lipinski definition) is 2. The summed E-state index contributed by atoms with van der Waals surface area (Å²) in [6, 6.07) is 7.44. The van der Waals surface area contributed by atoms with Crippen molar-refractivity contribution in [3.05, 3.63) is 35.4 Å². The van der Waals surface area contributed by atoms with Gasteiger partial charge in [-0.1, -0.05) is 18.2 Å². The summed E-state index contributed by atoms with van der Waals surface area (Å²) in [6.07, 6.45) is 0.842. The Kier molecular flexibility index (Phi) is 2.83. The van der Waals surface area contributed by atoms with Gasteiger partial charge >= 0.3 is 0 Å². The van der Waals surface area contributed by atoms with Gasteiger partial charge in [0.25, 0.3) is 0 Å². The van der Waals surface area contributed by atoms with E-state index in [9.17, 15) is 4.79 Å². The summed E-state index contributed by atoms with van der Waals surface area (Å²) >= 11 is 0. The predicted octanol–water partition coefficient (Wildman–Crippen LogP) is 2.38. The van der Waals surface area contributed by atoms with Gasteiger partial charge in [-0.05, 0) is 25.5 Å². The number of carbonyl (C=O) groups excluding carboxylic acids is 1. The van der Waals surface area contributed by atoms with Crippen molar-refractivity contribution in [2.45, 2.75) is 19.4 Å². The lowest BCUT2D eigenvalue weighted by molar-refractivity contribution is 0.0192. The summed E-state index contributed by atoms with van der Waals surface area (Å²) in [5.74, 6) is 0. The van der Waals surface area contributed by atoms with E-state index >= 15 is 0 Å². The van der Waals surface area contributed by atoms with E-state index in [0.29, 0.717) is 5.56 Å². The fourth-order valence-corrected chi connectivity index (χ4v) is 1.10. The molecule has 2 heteroatoms. The Balaban J connectivity index is 3.08. The third kappa shape index (κ3) is 2.16. The minimum atomic E-state index is -0.334. The number of ether oxygens (including phenoxy) is 1. The summed E-state index contributed by atoms with van der Waals surface area (Å²) in [5.41, 5.74) is 1.36. The molecule has 0 unspecified atom stereocenters. The second kappa shape index (κ2) is 3.71. The highest BCUT2D eigenvalue weighted by Crippen LogP contribution is 2.23. The Morgan fingerprint density at radius 2 is 2.08 bits per heavy atom. The number of aldehydes is 1. The summed E-state index contributed by atoms with van der Waals surface area (Å²) in [7, 11) is 1.66. The van der Waals surface area contributed by atoms with Crippen LogP contribution in [0.5, 0.6) is 0 Å². The molecule has 0 atom stereocenters. The lowest BCUT2D eigenvalue weighted by Gasteiger charge is -2.23. The van der Waals surface area contributed by atoms with Crippen molar-refractivity contribution < 1.29 is 9.53 Å². The van der Waals surface area contributed by atoms with Crippen molar-refractivity contribution >= 4 is 6.29 Å². The van der Waals surface area contributed by atoms with Crippen LogP contribution in [0.1, 0.15) is 29.8 Å². The quantitative estimate of drug-likeness (QED) is 0.664. The van der Waals surface area contributed by atoms with Crippen LogP contribution in [0.3, 0.4) is 0 Å². The summed E-state index contributed by atoms with van der Waals surface area (Å²) in [6.45, 7) is 3.94. The van der Waals surface area contributed by atoms with Crippen LogP contribution < -0.4 is 0 Å². The molecule has 0 fully saturated rings. The lowest BCUT2D eigenvalue weighted by Crippen LogP contribution is -2.19. The Bertz CT molecular complexity index is 303. The van der Waals surface area contributed by atoms with Crippen LogP contribution in [0.2, 0.25) is 0 Å². The zero-order valence-electron chi connectivity index (χ0n) is 8.20. The van der Waals surface area contributed by atoms with Crippen LogP contribution in [-0.2, 0) is 10.3 Å². The second-order valence-corrected chi connectivity index (χ2v) is 3.46. The fourth-order valence-electron chi connectivity index (χ4n) is 1.10. The average Bonchev–Trinajstić information content (AvgIpc) is 2.18. The molecule has 0 spiro atoms. The molecule has 0 aliphatic carbocycles.